The second-order valence-corrected chi connectivity index (χ2v) is 7.24. The van der Waals surface area contributed by atoms with Crippen LogP contribution in [-0.4, -0.2) is 21.4 Å². The Bertz CT molecular complexity index is 779. The van der Waals surface area contributed by atoms with Crippen LogP contribution >= 0.6 is 11.3 Å². The summed E-state index contributed by atoms with van der Waals surface area (Å²) in [7, 11) is -2.19. The minimum atomic E-state index is -3.69. The van der Waals surface area contributed by atoms with Gasteiger partial charge in [-0.15, -0.1) is 11.3 Å². The molecule has 1 heterocycles. The average Bonchev–Trinajstić information content (AvgIpc) is 2.92. The van der Waals surface area contributed by atoms with Crippen molar-refractivity contribution < 1.29 is 13.2 Å². The Morgan fingerprint density at radius 3 is 2.57 bits per heavy atom. The van der Waals surface area contributed by atoms with Gasteiger partial charge in [0.25, 0.3) is 15.9 Å². The fourth-order valence-electron chi connectivity index (χ4n) is 1.75. The van der Waals surface area contributed by atoms with Crippen LogP contribution in [0.25, 0.3) is 0 Å². The summed E-state index contributed by atoms with van der Waals surface area (Å²) in [5.41, 5.74) is 2.35. The van der Waals surface area contributed by atoms with E-state index < -0.39 is 10.0 Å². The first kappa shape index (κ1) is 15.5. The maximum Gasteiger partial charge on any atom is 0.262 e. The van der Waals surface area contributed by atoms with Crippen LogP contribution in [0.3, 0.4) is 0 Å². The number of aryl methyl sites for hydroxylation is 2. The SMILES string of the molecule is CNC(=O)c1cc(S(=O)(=O)Nc2cc(C)ccc2C)cs1. The third-order valence-corrected chi connectivity index (χ3v) is 5.40. The Morgan fingerprint density at radius 1 is 1.19 bits per heavy atom. The first-order valence-corrected chi connectivity index (χ1v) is 8.60. The molecule has 112 valence electrons. The summed E-state index contributed by atoms with van der Waals surface area (Å²) in [5, 5.41) is 3.92. The van der Waals surface area contributed by atoms with Crippen molar-refractivity contribution in [2.45, 2.75) is 18.7 Å². The monoisotopic (exact) mass is 324 g/mol. The van der Waals surface area contributed by atoms with Gasteiger partial charge in [0.05, 0.1) is 15.5 Å². The van der Waals surface area contributed by atoms with Gasteiger partial charge in [-0.2, -0.15) is 0 Å². The lowest BCUT2D eigenvalue weighted by Gasteiger charge is -2.10. The zero-order chi connectivity index (χ0) is 15.6. The van der Waals surface area contributed by atoms with E-state index in [1.54, 1.807) is 6.07 Å². The number of rotatable bonds is 4. The van der Waals surface area contributed by atoms with Gasteiger partial charge in [0.1, 0.15) is 0 Å². The molecule has 0 saturated carbocycles. The molecular formula is C14H16N2O3S2. The van der Waals surface area contributed by atoms with Crippen LogP contribution in [0.5, 0.6) is 0 Å². The summed E-state index contributed by atoms with van der Waals surface area (Å²) >= 11 is 1.10. The fourth-order valence-corrected chi connectivity index (χ4v) is 4.09. The van der Waals surface area contributed by atoms with Crippen molar-refractivity contribution in [3.8, 4) is 0 Å². The summed E-state index contributed by atoms with van der Waals surface area (Å²) in [4.78, 5) is 11.9. The van der Waals surface area contributed by atoms with Crippen molar-refractivity contribution >= 4 is 33.0 Å². The maximum atomic E-state index is 12.4. The number of benzene rings is 1. The summed E-state index contributed by atoms with van der Waals surface area (Å²) < 4.78 is 27.3. The van der Waals surface area contributed by atoms with Crippen molar-refractivity contribution in [2.75, 3.05) is 11.8 Å². The van der Waals surface area contributed by atoms with Crippen LogP contribution in [-0.2, 0) is 10.0 Å². The molecule has 5 nitrogen and oxygen atoms in total. The van der Waals surface area contributed by atoms with E-state index >= 15 is 0 Å². The fraction of sp³-hybridized carbons (Fsp3) is 0.214. The highest BCUT2D eigenvalue weighted by atomic mass is 32.2. The van der Waals surface area contributed by atoms with Gasteiger partial charge in [0, 0.05) is 12.4 Å². The van der Waals surface area contributed by atoms with Crippen molar-refractivity contribution in [3.05, 3.63) is 45.6 Å². The minimum absolute atomic E-state index is 0.0898. The second-order valence-electron chi connectivity index (χ2n) is 4.65. The first-order valence-electron chi connectivity index (χ1n) is 6.24. The third-order valence-electron chi connectivity index (χ3n) is 2.97. The van der Waals surface area contributed by atoms with E-state index in [4.69, 9.17) is 0 Å². The molecule has 0 spiro atoms. The molecule has 1 aromatic carbocycles. The molecule has 1 aromatic heterocycles. The van der Waals surface area contributed by atoms with Crippen molar-refractivity contribution in [1.29, 1.82) is 0 Å². The van der Waals surface area contributed by atoms with E-state index in [1.807, 2.05) is 26.0 Å². The quantitative estimate of drug-likeness (QED) is 0.907. The van der Waals surface area contributed by atoms with Crippen LogP contribution in [0, 0.1) is 13.8 Å². The lowest BCUT2D eigenvalue weighted by molar-refractivity contribution is 0.0967. The van der Waals surface area contributed by atoms with Crippen LogP contribution in [0.1, 0.15) is 20.8 Å². The number of anilines is 1. The molecule has 0 saturated heterocycles. The molecule has 0 aliphatic rings. The molecule has 0 aliphatic heterocycles. The van der Waals surface area contributed by atoms with E-state index in [0.717, 1.165) is 22.5 Å². The number of carbonyl (C=O) groups excluding carboxylic acids is 1. The van der Waals surface area contributed by atoms with Gasteiger partial charge in [-0.05, 0) is 37.1 Å². The smallest absolute Gasteiger partial charge is 0.262 e. The number of thiophene rings is 1. The van der Waals surface area contributed by atoms with E-state index in [-0.39, 0.29) is 10.8 Å². The number of hydrogen-bond acceptors (Lipinski definition) is 4. The van der Waals surface area contributed by atoms with Gasteiger partial charge in [-0.1, -0.05) is 12.1 Å². The maximum absolute atomic E-state index is 12.4. The summed E-state index contributed by atoms with van der Waals surface area (Å²) in [6.07, 6.45) is 0. The van der Waals surface area contributed by atoms with Crippen LogP contribution in [0.4, 0.5) is 5.69 Å². The Morgan fingerprint density at radius 2 is 1.90 bits per heavy atom. The Hall–Kier alpha value is -1.86. The van der Waals surface area contributed by atoms with Crippen LogP contribution < -0.4 is 10.0 Å². The van der Waals surface area contributed by atoms with Crippen molar-refractivity contribution in [2.24, 2.45) is 0 Å². The van der Waals surface area contributed by atoms with Gasteiger partial charge in [-0.3, -0.25) is 9.52 Å². The van der Waals surface area contributed by atoms with Crippen LogP contribution in [0.2, 0.25) is 0 Å². The molecule has 0 radical (unpaired) electrons. The normalized spacial score (nSPS) is 11.2. The molecule has 2 N–H and O–H groups in total. The molecule has 0 fully saturated rings. The van der Waals surface area contributed by atoms with E-state index in [0.29, 0.717) is 10.6 Å². The van der Waals surface area contributed by atoms with Gasteiger partial charge in [-0.25, -0.2) is 8.42 Å². The van der Waals surface area contributed by atoms with E-state index in [1.165, 1.54) is 18.5 Å². The number of nitrogens with one attached hydrogen (secondary N) is 2. The molecular weight excluding hydrogens is 308 g/mol. The van der Waals surface area contributed by atoms with Gasteiger partial charge in [0.15, 0.2) is 0 Å². The first-order chi connectivity index (χ1) is 9.83. The van der Waals surface area contributed by atoms with E-state index in [2.05, 4.69) is 10.0 Å². The second kappa shape index (κ2) is 5.87. The van der Waals surface area contributed by atoms with Gasteiger partial charge >= 0.3 is 0 Å². The van der Waals surface area contributed by atoms with E-state index in [9.17, 15) is 13.2 Å². The minimum Gasteiger partial charge on any atom is -0.354 e. The van der Waals surface area contributed by atoms with Crippen molar-refractivity contribution in [3.63, 3.8) is 0 Å². The predicted molar refractivity (Wildman–Crippen MR) is 84.4 cm³/mol. The van der Waals surface area contributed by atoms with Crippen molar-refractivity contribution in [1.82, 2.24) is 5.32 Å². The standard InChI is InChI=1S/C14H16N2O3S2/c1-9-4-5-10(2)12(6-9)16-21(18,19)11-7-13(20-8-11)14(17)15-3/h4-8,16H,1-3H3,(H,15,17). The molecule has 0 atom stereocenters. The lowest BCUT2D eigenvalue weighted by atomic mass is 10.1. The number of hydrogen-bond donors (Lipinski definition) is 2. The molecule has 0 aliphatic carbocycles. The number of amides is 1. The lowest BCUT2D eigenvalue weighted by Crippen LogP contribution is -2.16. The molecule has 7 heteroatoms. The topological polar surface area (TPSA) is 75.3 Å². The molecule has 2 rings (SSSR count). The zero-order valence-electron chi connectivity index (χ0n) is 11.9. The Kier molecular flexibility index (Phi) is 4.34. The Balaban J connectivity index is 2.32. The zero-order valence-corrected chi connectivity index (χ0v) is 13.6. The molecule has 2 aromatic rings. The summed E-state index contributed by atoms with van der Waals surface area (Å²) in [5.74, 6) is -0.298. The molecule has 0 bridgehead atoms. The molecule has 21 heavy (non-hydrogen) atoms. The predicted octanol–water partition coefficient (Wildman–Crippen LogP) is 2.53. The highest BCUT2D eigenvalue weighted by Gasteiger charge is 2.19. The average molecular weight is 324 g/mol. The number of sulfonamides is 1. The van der Waals surface area contributed by atoms with Gasteiger partial charge in [0.2, 0.25) is 0 Å². The highest BCUT2D eigenvalue weighted by molar-refractivity contribution is 7.92. The van der Waals surface area contributed by atoms with Gasteiger partial charge < -0.3 is 5.32 Å². The summed E-state index contributed by atoms with van der Waals surface area (Å²) in [6.45, 7) is 3.73. The Labute approximate surface area is 128 Å². The largest absolute Gasteiger partial charge is 0.354 e. The number of carbonyl (C=O) groups is 1. The summed E-state index contributed by atoms with van der Waals surface area (Å²) in [6, 6.07) is 6.92. The molecule has 0 unspecified atom stereocenters. The highest BCUT2D eigenvalue weighted by Crippen LogP contribution is 2.24. The third kappa shape index (κ3) is 3.43. The molecule has 1 amide bonds. The van der Waals surface area contributed by atoms with Crippen LogP contribution in [0.15, 0.2) is 34.5 Å².